The SMILES string of the molecule is O=C(Nc1nnc(NS(=O)(=O)c2ccccc2)s1)c1ccc(=O)n(Cc2ccccc2)n1. The van der Waals surface area contributed by atoms with Crippen molar-refractivity contribution in [1.82, 2.24) is 20.0 Å². The lowest BCUT2D eigenvalue weighted by atomic mass is 10.2. The van der Waals surface area contributed by atoms with Crippen LogP contribution in [0.1, 0.15) is 16.1 Å². The van der Waals surface area contributed by atoms with E-state index in [0.717, 1.165) is 16.9 Å². The summed E-state index contributed by atoms with van der Waals surface area (Å²) in [5.41, 5.74) is 0.514. The molecule has 0 aliphatic carbocycles. The first-order valence-corrected chi connectivity index (χ1v) is 11.6. The Balaban J connectivity index is 1.46. The Morgan fingerprint density at radius 2 is 1.56 bits per heavy atom. The molecule has 0 atom stereocenters. The maximum Gasteiger partial charge on any atom is 0.277 e. The summed E-state index contributed by atoms with van der Waals surface area (Å²) >= 11 is 0.847. The molecule has 2 heterocycles. The van der Waals surface area contributed by atoms with Crippen LogP contribution in [-0.2, 0) is 16.6 Å². The molecule has 0 saturated carbocycles. The molecule has 2 N–H and O–H groups in total. The highest BCUT2D eigenvalue weighted by Gasteiger charge is 2.18. The van der Waals surface area contributed by atoms with Gasteiger partial charge in [-0.05, 0) is 23.8 Å². The fraction of sp³-hybridized carbons (Fsp3) is 0.0500. The third-order valence-corrected chi connectivity index (χ3v) is 6.43. The van der Waals surface area contributed by atoms with Gasteiger partial charge in [0.05, 0.1) is 11.4 Å². The second-order valence-corrected chi connectivity index (χ2v) is 9.15. The molecule has 1 amide bonds. The van der Waals surface area contributed by atoms with Gasteiger partial charge in [0.25, 0.3) is 21.5 Å². The zero-order valence-electron chi connectivity index (χ0n) is 16.4. The average molecular weight is 469 g/mol. The van der Waals surface area contributed by atoms with Crippen LogP contribution < -0.4 is 15.6 Å². The van der Waals surface area contributed by atoms with Crippen LogP contribution in [0.15, 0.2) is 82.5 Å². The Kier molecular flexibility index (Phi) is 6.05. The molecular formula is C20H16N6O4S2. The molecule has 0 aliphatic heterocycles. The molecule has 4 aromatic rings. The molecule has 32 heavy (non-hydrogen) atoms. The van der Waals surface area contributed by atoms with E-state index in [1.807, 2.05) is 30.3 Å². The molecule has 162 valence electrons. The third kappa shape index (κ3) is 5.04. The Bertz CT molecular complexity index is 1400. The molecule has 12 heteroatoms. The van der Waals surface area contributed by atoms with Crippen LogP contribution >= 0.6 is 11.3 Å². The van der Waals surface area contributed by atoms with Gasteiger partial charge in [0, 0.05) is 6.07 Å². The molecular weight excluding hydrogens is 452 g/mol. The lowest BCUT2D eigenvalue weighted by molar-refractivity contribution is 0.102. The van der Waals surface area contributed by atoms with Gasteiger partial charge in [0.15, 0.2) is 0 Å². The maximum atomic E-state index is 12.6. The molecule has 0 radical (unpaired) electrons. The Hall–Kier alpha value is -3.90. The van der Waals surface area contributed by atoms with E-state index < -0.39 is 15.9 Å². The standard InChI is InChI=1S/C20H16N6O4S2/c27-17-12-11-16(24-26(17)13-14-7-3-1-4-8-14)18(28)21-19-22-23-20(31-19)25-32(29,30)15-9-5-2-6-10-15/h1-12H,13H2,(H,23,25)(H,21,22,28). The van der Waals surface area contributed by atoms with Crippen LogP contribution in [-0.4, -0.2) is 34.3 Å². The van der Waals surface area contributed by atoms with Gasteiger partial charge in [0.1, 0.15) is 5.69 Å². The summed E-state index contributed by atoms with van der Waals surface area (Å²) in [6.45, 7) is 0.213. The number of benzene rings is 2. The predicted molar refractivity (Wildman–Crippen MR) is 119 cm³/mol. The molecule has 0 spiro atoms. The van der Waals surface area contributed by atoms with Crippen LogP contribution in [0.2, 0.25) is 0 Å². The first kappa shape index (κ1) is 21.3. The second-order valence-electron chi connectivity index (χ2n) is 6.49. The van der Waals surface area contributed by atoms with Crippen LogP contribution in [0.5, 0.6) is 0 Å². The van der Waals surface area contributed by atoms with E-state index in [2.05, 4.69) is 25.3 Å². The van der Waals surface area contributed by atoms with Gasteiger partial charge in [-0.25, -0.2) is 13.1 Å². The summed E-state index contributed by atoms with van der Waals surface area (Å²) in [6, 6.07) is 19.6. The Morgan fingerprint density at radius 3 is 2.28 bits per heavy atom. The number of nitrogens with one attached hydrogen (secondary N) is 2. The third-order valence-electron chi connectivity index (χ3n) is 4.20. The Labute approximate surface area is 186 Å². The van der Waals surface area contributed by atoms with E-state index >= 15 is 0 Å². The number of aromatic nitrogens is 4. The van der Waals surface area contributed by atoms with E-state index in [1.165, 1.54) is 28.9 Å². The smallest absolute Gasteiger partial charge is 0.277 e. The number of sulfonamides is 1. The van der Waals surface area contributed by atoms with Gasteiger partial charge in [-0.3, -0.25) is 19.6 Å². The van der Waals surface area contributed by atoms with Crippen molar-refractivity contribution in [1.29, 1.82) is 0 Å². The molecule has 2 aromatic heterocycles. The largest absolute Gasteiger partial charge is 0.295 e. The van der Waals surface area contributed by atoms with Crippen molar-refractivity contribution < 1.29 is 13.2 Å². The highest BCUT2D eigenvalue weighted by molar-refractivity contribution is 7.93. The zero-order valence-corrected chi connectivity index (χ0v) is 18.0. The molecule has 4 rings (SSSR count). The zero-order chi connectivity index (χ0) is 22.6. The quantitative estimate of drug-likeness (QED) is 0.424. The summed E-state index contributed by atoms with van der Waals surface area (Å²) in [5.74, 6) is -0.611. The number of carbonyl (C=O) groups excluding carboxylic acids is 1. The van der Waals surface area contributed by atoms with Crippen molar-refractivity contribution in [2.45, 2.75) is 11.4 Å². The van der Waals surface area contributed by atoms with Crippen molar-refractivity contribution >= 4 is 37.5 Å². The van der Waals surface area contributed by atoms with Crippen LogP contribution in [0.3, 0.4) is 0 Å². The minimum absolute atomic E-state index is 0.00199. The van der Waals surface area contributed by atoms with Crippen molar-refractivity contribution in [2.75, 3.05) is 10.0 Å². The number of hydrogen-bond acceptors (Lipinski definition) is 8. The number of anilines is 2. The van der Waals surface area contributed by atoms with Gasteiger partial charge in [0.2, 0.25) is 10.3 Å². The normalized spacial score (nSPS) is 11.1. The molecule has 2 aromatic carbocycles. The fourth-order valence-corrected chi connectivity index (χ4v) is 4.58. The van der Waals surface area contributed by atoms with Gasteiger partial charge in [-0.1, -0.05) is 59.9 Å². The Morgan fingerprint density at radius 1 is 0.906 bits per heavy atom. The summed E-state index contributed by atoms with van der Waals surface area (Å²) in [4.78, 5) is 24.7. The minimum atomic E-state index is -3.83. The highest BCUT2D eigenvalue weighted by atomic mass is 32.2. The molecule has 0 fully saturated rings. The number of carbonyl (C=O) groups is 1. The molecule has 0 aliphatic rings. The maximum absolute atomic E-state index is 12.6. The second kappa shape index (κ2) is 9.08. The van der Waals surface area contributed by atoms with Crippen molar-refractivity contribution in [2.24, 2.45) is 0 Å². The van der Waals surface area contributed by atoms with E-state index in [4.69, 9.17) is 0 Å². The first-order valence-electron chi connectivity index (χ1n) is 9.25. The van der Waals surface area contributed by atoms with E-state index in [9.17, 15) is 18.0 Å². The number of amides is 1. The monoisotopic (exact) mass is 468 g/mol. The summed E-state index contributed by atoms with van der Waals surface area (Å²) in [6.07, 6.45) is 0. The number of nitrogens with zero attached hydrogens (tertiary/aromatic N) is 4. The lowest BCUT2D eigenvalue weighted by Gasteiger charge is -2.06. The lowest BCUT2D eigenvalue weighted by Crippen LogP contribution is -2.26. The van der Waals surface area contributed by atoms with Gasteiger partial charge < -0.3 is 0 Å². The summed E-state index contributed by atoms with van der Waals surface area (Å²) < 4.78 is 28.2. The van der Waals surface area contributed by atoms with Crippen molar-refractivity contribution in [3.05, 3.63) is 94.4 Å². The van der Waals surface area contributed by atoms with E-state index in [0.29, 0.717) is 0 Å². The highest BCUT2D eigenvalue weighted by Crippen LogP contribution is 2.23. The van der Waals surface area contributed by atoms with Crippen LogP contribution in [0.4, 0.5) is 10.3 Å². The topological polar surface area (TPSA) is 136 Å². The van der Waals surface area contributed by atoms with E-state index in [-0.39, 0.29) is 33.0 Å². The number of rotatable bonds is 7. The van der Waals surface area contributed by atoms with Crippen molar-refractivity contribution in [3.63, 3.8) is 0 Å². The summed E-state index contributed by atoms with van der Waals surface area (Å²) in [5, 5.41) is 14.2. The minimum Gasteiger partial charge on any atom is -0.295 e. The fourth-order valence-electron chi connectivity index (χ4n) is 2.69. The van der Waals surface area contributed by atoms with Gasteiger partial charge >= 0.3 is 0 Å². The van der Waals surface area contributed by atoms with Crippen molar-refractivity contribution in [3.8, 4) is 0 Å². The molecule has 0 saturated heterocycles. The summed E-state index contributed by atoms with van der Waals surface area (Å²) in [7, 11) is -3.83. The molecule has 0 unspecified atom stereocenters. The van der Waals surface area contributed by atoms with Crippen LogP contribution in [0, 0.1) is 0 Å². The first-order chi connectivity index (χ1) is 15.4. The van der Waals surface area contributed by atoms with Gasteiger partial charge in [-0.2, -0.15) is 5.10 Å². The van der Waals surface area contributed by atoms with Crippen LogP contribution in [0.25, 0.3) is 0 Å². The van der Waals surface area contributed by atoms with Gasteiger partial charge in [-0.15, -0.1) is 10.2 Å². The average Bonchev–Trinajstić information content (AvgIpc) is 3.22. The molecule has 10 nitrogen and oxygen atoms in total. The number of hydrogen-bond donors (Lipinski definition) is 2. The van der Waals surface area contributed by atoms with E-state index in [1.54, 1.807) is 18.2 Å². The molecule has 0 bridgehead atoms. The predicted octanol–water partition coefficient (Wildman–Crippen LogP) is 2.20.